The number of piperidine rings is 1. The molecule has 2 aliphatic rings. The van der Waals surface area contributed by atoms with Gasteiger partial charge < -0.3 is 15.5 Å². The molecule has 1 aliphatic heterocycles. The van der Waals surface area contributed by atoms with Gasteiger partial charge >= 0.3 is 6.03 Å². The third-order valence-corrected chi connectivity index (χ3v) is 5.32. The maximum absolute atomic E-state index is 13.1. The van der Waals surface area contributed by atoms with E-state index in [2.05, 4.69) is 29.3 Å². The number of anilines is 2. The molecule has 1 aliphatic carbocycles. The SMILES string of the molecule is CN(C)C1[C@H]2CN(C(=O)Nc3nc(-c4ccc(F)cc4)ccc3N)C[C@@H]12. The predicted octanol–water partition coefficient (Wildman–Crippen LogP) is 2.49. The summed E-state index contributed by atoms with van der Waals surface area (Å²) in [4.78, 5) is 21.1. The van der Waals surface area contributed by atoms with E-state index in [1.807, 2.05) is 4.90 Å². The van der Waals surface area contributed by atoms with Crippen molar-refractivity contribution in [1.82, 2.24) is 14.8 Å². The van der Waals surface area contributed by atoms with Gasteiger partial charge in [0.1, 0.15) is 5.82 Å². The van der Waals surface area contributed by atoms with Crippen LogP contribution >= 0.6 is 0 Å². The minimum atomic E-state index is -0.304. The van der Waals surface area contributed by atoms with E-state index < -0.39 is 0 Å². The molecular weight excluding hydrogens is 333 g/mol. The van der Waals surface area contributed by atoms with Crippen molar-refractivity contribution in [3.05, 3.63) is 42.2 Å². The van der Waals surface area contributed by atoms with E-state index >= 15 is 0 Å². The Morgan fingerprint density at radius 3 is 2.46 bits per heavy atom. The first-order chi connectivity index (χ1) is 12.4. The molecule has 3 N–H and O–H groups in total. The molecule has 2 fully saturated rings. The van der Waals surface area contributed by atoms with Crippen molar-refractivity contribution in [2.24, 2.45) is 11.8 Å². The number of benzene rings is 1. The molecule has 0 radical (unpaired) electrons. The molecule has 6 nitrogen and oxygen atoms in total. The molecule has 1 saturated heterocycles. The average Bonchev–Trinajstić information content (AvgIpc) is 3.13. The van der Waals surface area contributed by atoms with Gasteiger partial charge in [0.15, 0.2) is 5.82 Å². The lowest BCUT2D eigenvalue weighted by atomic mass is 10.1. The number of likely N-dealkylation sites (tertiary alicyclic amines) is 1. The zero-order valence-electron chi connectivity index (χ0n) is 14.8. The fourth-order valence-corrected chi connectivity index (χ4v) is 3.96. The summed E-state index contributed by atoms with van der Waals surface area (Å²) in [6, 6.07) is 9.92. The average molecular weight is 355 g/mol. The lowest BCUT2D eigenvalue weighted by Crippen LogP contribution is -2.38. The summed E-state index contributed by atoms with van der Waals surface area (Å²) >= 11 is 0. The molecule has 2 aromatic rings. The standard InChI is InChI=1S/C19H22FN5O/c1-24(2)17-13-9-25(10-14(13)17)19(26)23-18-15(21)7-8-16(22-18)11-3-5-12(20)6-4-11/h3-8,13-14,17H,9-10,21H2,1-2H3,(H,22,23,26)/t13-,14+,17?. The van der Waals surface area contributed by atoms with E-state index in [9.17, 15) is 9.18 Å². The van der Waals surface area contributed by atoms with Crippen molar-refractivity contribution in [3.8, 4) is 11.3 Å². The minimum Gasteiger partial charge on any atom is -0.396 e. The smallest absolute Gasteiger partial charge is 0.323 e. The molecule has 1 saturated carbocycles. The van der Waals surface area contributed by atoms with Gasteiger partial charge in [-0.1, -0.05) is 0 Å². The molecule has 7 heteroatoms. The number of nitrogens with two attached hydrogens (primary N) is 1. The second kappa shape index (κ2) is 6.25. The Hall–Kier alpha value is -2.67. The van der Waals surface area contributed by atoms with Crippen LogP contribution in [-0.2, 0) is 0 Å². The normalized spacial score (nSPS) is 23.8. The van der Waals surface area contributed by atoms with Gasteiger partial charge in [-0.2, -0.15) is 0 Å². The van der Waals surface area contributed by atoms with Crippen molar-refractivity contribution >= 4 is 17.5 Å². The summed E-state index contributed by atoms with van der Waals surface area (Å²) in [7, 11) is 4.16. The number of halogens is 1. The number of urea groups is 1. The number of carbonyl (C=O) groups is 1. The molecule has 26 heavy (non-hydrogen) atoms. The van der Waals surface area contributed by atoms with Gasteiger partial charge in [0.2, 0.25) is 0 Å². The highest BCUT2D eigenvalue weighted by molar-refractivity contribution is 5.92. The highest BCUT2D eigenvalue weighted by Crippen LogP contribution is 2.48. The van der Waals surface area contributed by atoms with Gasteiger partial charge in [-0.25, -0.2) is 14.2 Å². The van der Waals surface area contributed by atoms with Crippen LogP contribution in [0.4, 0.5) is 20.7 Å². The second-order valence-electron chi connectivity index (χ2n) is 7.26. The van der Waals surface area contributed by atoms with E-state index in [1.165, 1.54) is 12.1 Å². The number of pyridine rings is 1. The van der Waals surface area contributed by atoms with Crippen LogP contribution in [-0.4, -0.2) is 54.0 Å². The van der Waals surface area contributed by atoms with Crippen LogP contribution in [0.15, 0.2) is 36.4 Å². The minimum absolute atomic E-state index is 0.176. The molecule has 0 spiro atoms. The van der Waals surface area contributed by atoms with E-state index in [1.54, 1.807) is 24.3 Å². The molecule has 1 aromatic carbocycles. The third kappa shape index (κ3) is 2.99. The van der Waals surface area contributed by atoms with Crippen LogP contribution in [0.25, 0.3) is 11.3 Å². The van der Waals surface area contributed by atoms with Crippen LogP contribution in [0.1, 0.15) is 0 Å². The van der Waals surface area contributed by atoms with Gasteiger partial charge in [-0.3, -0.25) is 5.32 Å². The second-order valence-corrected chi connectivity index (χ2v) is 7.26. The van der Waals surface area contributed by atoms with Crippen molar-refractivity contribution < 1.29 is 9.18 Å². The van der Waals surface area contributed by atoms with E-state index in [4.69, 9.17) is 5.73 Å². The number of carbonyl (C=O) groups excluding carboxylic acids is 1. The largest absolute Gasteiger partial charge is 0.396 e. The molecule has 2 heterocycles. The van der Waals surface area contributed by atoms with Gasteiger partial charge in [0, 0.05) is 24.7 Å². The summed E-state index contributed by atoms with van der Waals surface area (Å²) in [5.41, 5.74) is 7.77. The van der Waals surface area contributed by atoms with Crippen LogP contribution in [0.2, 0.25) is 0 Å². The van der Waals surface area contributed by atoms with Crippen molar-refractivity contribution in [3.63, 3.8) is 0 Å². The number of hydrogen-bond donors (Lipinski definition) is 2. The number of fused-ring (bicyclic) bond motifs is 1. The number of aromatic nitrogens is 1. The predicted molar refractivity (Wildman–Crippen MR) is 99.1 cm³/mol. The highest BCUT2D eigenvalue weighted by Gasteiger charge is 2.57. The van der Waals surface area contributed by atoms with Gasteiger partial charge in [0.05, 0.1) is 11.4 Å². The van der Waals surface area contributed by atoms with Crippen LogP contribution in [0.5, 0.6) is 0 Å². The van der Waals surface area contributed by atoms with Gasteiger partial charge in [-0.05, 0) is 62.3 Å². The molecular formula is C19H22FN5O. The van der Waals surface area contributed by atoms with E-state index in [-0.39, 0.29) is 11.8 Å². The fourth-order valence-electron chi connectivity index (χ4n) is 3.96. The van der Waals surface area contributed by atoms with Crippen molar-refractivity contribution in [1.29, 1.82) is 0 Å². The zero-order chi connectivity index (χ0) is 18.4. The number of nitrogen functional groups attached to an aromatic ring is 1. The number of rotatable bonds is 3. The first-order valence-electron chi connectivity index (χ1n) is 8.69. The maximum atomic E-state index is 13.1. The fraction of sp³-hybridized carbons (Fsp3) is 0.368. The van der Waals surface area contributed by atoms with Gasteiger partial charge in [-0.15, -0.1) is 0 Å². The topological polar surface area (TPSA) is 74.5 Å². The number of hydrogen-bond acceptors (Lipinski definition) is 4. The molecule has 2 amide bonds. The first kappa shape index (κ1) is 16.8. The highest BCUT2D eigenvalue weighted by atomic mass is 19.1. The van der Waals surface area contributed by atoms with Crippen molar-refractivity contribution in [2.75, 3.05) is 38.2 Å². The summed E-state index contributed by atoms with van der Waals surface area (Å²) in [6.45, 7) is 1.52. The van der Waals surface area contributed by atoms with Crippen LogP contribution in [0, 0.1) is 17.7 Å². The molecule has 3 atom stereocenters. The molecule has 136 valence electrons. The lowest BCUT2D eigenvalue weighted by Gasteiger charge is -2.22. The third-order valence-electron chi connectivity index (χ3n) is 5.32. The Bertz CT molecular complexity index is 826. The zero-order valence-corrected chi connectivity index (χ0v) is 14.8. The Morgan fingerprint density at radius 2 is 1.85 bits per heavy atom. The Morgan fingerprint density at radius 1 is 1.19 bits per heavy atom. The quantitative estimate of drug-likeness (QED) is 0.887. The monoisotopic (exact) mass is 355 g/mol. The Balaban J connectivity index is 1.46. The van der Waals surface area contributed by atoms with Crippen LogP contribution in [0.3, 0.4) is 0 Å². The van der Waals surface area contributed by atoms with Gasteiger partial charge in [0.25, 0.3) is 0 Å². The first-order valence-corrected chi connectivity index (χ1v) is 8.69. The summed E-state index contributed by atoms with van der Waals surface area (Å²) in [6.07, 6.45) is 0. The maximum Gasteiger partial charge on any atom is 0.323 e. The molecule has 1 unspecified atom stereocenters. The van der Waals surface area contributed by atoms with E-state index in [0.29, 0.717) is 35.1 Å². The lowest BCUT2D eigenvalue weighted by molar-refractivity contribution is 0.209. The summed E-state index contributed by atoms with van der Waals surface area (Å²) in [5, 5.41) is 2.82. The van der Waals surface area contributed by atoms with Crippen LogP contribution < -0.4 is 11.1 Å². The number of nitrogens with zero attached hydrogens (tertiary/aromatic N) is 3. The molecule has 4 rings (SSSR count). The Kier molecular flexibility index (Phi) is 4.03. The number of nitrogens with one attached hydrogen (secondary N) is 1. The van der Waals surface area contributed by atoms with E-state index in [0.717, 1.165) is 18.7 Å². The molecule has 1 aromatic heterocycles. The molecule has 0 bridgehead atoms. The summed E-state index contributed by atoms with van der Waals surface area (Å²) < 4.78 is 13.1. The number of amides is 2. The Labute approximate surface area is 151 Å². The summed E-state index contributed by atoms with van der Waals surface area (Å²) in [5.74, 6) is 1.15. The van der Waals surface area contributed by atoms with Crippen molar-refractivity contribution in [2.45, 2.75) is 6.04 Å².